The number of aromatic nitrogens is 1. The molecule has 1 aromatic heterocycles. The lowest BCUT2D eigenvalue weighted by Gasteiger charge is -2.61. The molecule has 0 atom stereocenters. The van der Waals surface area contributed by atoms with Crippen molar-refractivity contribution in [3.8, 4) is 22.3 Å². The van der Waals surface area contributed by atoms with Gasteiger partial charge in [-0.1, -0.05) is 66.7 Å². The highest BCUT2D eigenvalue weighted by Crippen LogP contribution is 2.69. The standard InChI is InChI=1S/C34H29N/c1-3-9-29-26(6-1)28-19-22(25-8-5-11-32-33(25)27-7-2-4-10-31(27)35-32)12-13-30(28)34(29)23-15-20-14-21(17-23)18-24(34)16-20/h1-13,19-21,23-24,35H,14-18H2. The number of benzene rings is 4. The largest absolute Gasteiger partial charge is 0.354 e. The van der Waals surface area contributed by atoms with Crippen LogP contribution >= 0.6 is 0 Å². The summed E-state index contributed by atoms with van der Waals surface area (Å²) >= 11 is 0. The topological polar surface area (TPSA) is 15.8 Å². The number of para-hydroxylation sites is 1. The first kappa shape index (κ1) is 18.9. The SMILES string of the molecule is c1ccc2c(c1)-c1cc(-c3cccc4[nH]c5ccccc5c34)ccc1C21C2CC3CC(C2)CC1C3. The van der Waals surface area contributed by atoms with Crippen molar-refractivity contribution in [1.82, 2.24) is 4.98 Å². The smallest absolute Gasteiger partial charge is 0.0471 e. The van der Waals surface area contributed by atoms with E-state index in [-0.39, 0.29) is 5.41 Å². The molecule has 5 aromatic rings. The highest BCUT2D eigenvalue weighted by atomic mass is 14.7. The molecule has 1 N–H and O–H groups in total. The van der Waals surface area contributed by atoms with Crippen LogP contribution in [0.1, 0.15) is 43.2 Å². The zero-order chi connectivity index (χ0) is 22.7. The van der Waals surface area contributed by atoms with Crippen LogP contribution in [0.25, 0.3) is 44.1 Å². The minimum Gasteiger partial charge on any atom is -0.354 e. The van der Waals surface area contributed by atoms with E-state index in [9.17, 15) is 0 Å². The molecule has 4 bridgehead atoms. The van der Waals surface area contributed by atoms with E-state index in [1.165, 1.54) is 76.2 Å². The Morgan fingerprint density at radius 1 is 0.571 bits per heavy atom. The number of hydrogen-bond donors (Lipinski definition) is 1. The number of hydrogen-bond acceptors (Lipinski definition) is 0. The van der Waals surface area contributed by atoms with Crippen LogP contribution in [0.4, 0.5) is 0 Å². The van der Waals surface area contributed by atoms with Crippen molar-refractivity contribution in [2.45, 2.75) is 37.5 Å². The molecule has 0 saturated heterocycles. The summed E-state index contributed by atoms with van der Waals surface area (Å²) in [6.07, 6.45) is 7.27. The molecule has 10 rings (SSSR count). The molecule has 5 aliphatic rings. The number of fused-ring (bicyclic) bond motifs is 6. The predicted octanol–water partition coefficient (Wildman–Crippen LogP) is 8.71. The van der Waals surface area contributed by atoms with Gasteiger partial charge in [0.25, 0.3) is 0 Å². The van der Waals surface area contributed by atoms with Gasteiger partial charge in [0, 0.05) is 27.2 Å². The van der Waals surface area contributed by atoms with Crippen LogP contribution < -0.4 is 0 Å². The number of nitrogens with one attached hydrogen (secondary N) is 1. The third-order valence-corrected chi connectivity index (χ3v) is 10.4. The number of aromatic amines is 1. The summed E-state index contributed by atoms with van der Waals surface area (Å²) in [5.74, 6) is 3.62. The van der Waals surface area contributed by atoms with Crippen LogP contribution in [0.3, 0.4) is 0 Å². The van der Waals surface area contributed by atoms with E-state index in [0.29, 0.717) is 0 Å². The summed E-state index contributed by atoms with van der Waals surface area (Å²) < 4.78 is 0. The van der Waals surface area contributed by atoms with Gasteiger partial charge in [-0.2, -0.15) is 0 Å². The van der Waals surface area contributed by atoms with Gasteiger partial charge in [-0.15, -0.1) is 0 Å². The lowest BCUT2D eigenvalue weighted by molar-refractivity contribution is -0.0399. The van der Waals surface area contributed by atoms with Crippen molar-refractivity contribution in [1.29, 1.82) is 0 Å². The Hall–Kier alpha value is -3.32. The van der Waals surface area contributed by atoms with Crippen molar-refractivity contribution >= 4 is 21.8 Å². The highest BCUT2D eigenvalue weighted by molar-refractivity contribution is 6.14. The molecule has 5 aliphatic carbocycles. The predicted molar refractivity (Wildman–Crippen MR) is 145 cm³/mol. The molecular weight excluding hydrogens is 422 g/mol. The van der Waals surface area contributed by atoms with E-state index >= 15 is 0 Å². The van der Waals surface area contributed by atoms with Gasteiger partial charge in [0.2, 0.25) is 0 Å². The first-order valence-electron chi connectivity index (χ1n) is 13.5. The van der Waals surface area contributed by atoms with Crippen molar-refractivity contribution in [2.75, 3.05) is 0 Å². The number of H-pyrrole nitrogens is 1. The molecule has 4 aromatic carbocycles. The van der Waals surface area contributed by atoms with E-state index in [0.717, 1.165) is 23.7 Å². The van der Waals surface area contributed by atoms with Gasteiger partial charge in [-0.25, -0.2) is 0 Å². The fourth-order valence-corrected chi connectivity index (χ4v) is 9.47. The third kappa shape index (κ3) is 2.26. The van der Waals surface area contributed by atoms with Crippen LogP contribution in [-0.2, 0) is 5.41 Å². The van der Waals surface area contributed by atoms with Crippen molar-refractivity contribution < 1.29 is 0 Å². The van der Waals surface area contributed by atoms with Crippen molar-refractivity contribution in [3.63, 3.8) is 0 Å². The molecule has 35 heavy (non-hydrogen) atoms. The van der Waals surface area contributed by atoms with Crippen molar-refractivity contribution in [3.05, 3.63) is 96.1 Å². The maximum Gasteiger partial charge on any atom is 0.0471 e. The molecule has 1 nitrogen and oxygen atoms in total. The Kier molecular flexibility index (Phi) is 3.50. The molecule has 4 saturated carbocycles. The van der Waals surface area contributed by atoms with Crippen LogP contribution in [0.15, 0.2) is 84.9 Å². The molecule has 0 radical (unpaired) electrons. The molecule has 1 spiro atoms. The molecule has 0 aliphatic heterocycles. The van der Waals surface area contributed by atoms with E-state index in [1.54, 1.807) is 11.1 Å². The quantitative estimate of drug-likeness (QED) is 0.262. The monoisotopic (exact) mass is 451 g/mol. The van der Waals surface area contributed by atoms with E-state index in [4.69, 9.17) is 0 Å². The first-order valence-corrected chi connectivity index (χ1v) is 13.5. The Balaban J connectivity index is 1.30. The zero-order valence-electron chi connectivity index (χ0n) is 19.9. The lowest BCUT2D eigenvalue weighted by Crippen LogP contribution is -2.55. The maximum absolute atomic E-state index is 3.64. The van der Waals surface area contributed by atoms with Crippen LogP contribution in [0, 0.1) is 23.7 Å². The summed E-state index contributed by atoms with van der Waals surface area (Å²) in [6, 6.07) is 32.4. The summed E-state index contributed by atoms with van der Waals surface area (Å²) in [4.78, 5) is 3.64. The van der Waals surface area contributed by atoms with E-state index < -0.39 is 0 Å². The third-order valence-electron chi connectivity index (χ3n) is 10.4. The fourth-order valence-electron chi connectivity index (χ4n) is 9.47. The minimum absolute atomic E-state index is 0.255. The van der Waals surface area contributed by atoms with Gasteiger partial charge in [0.1, 0.15) is 0 Å². The molecular formula is C34H29N. The van der Waals surface area contributed by atoms with Gasteiger partial charge in [-0.3, -0.25) is 0 Å². The summed E-state index contributed by atoms with van der Waals surface area (Å²) in [7, 11) is 0. The average molecular weight is 452 g/mol. The van der Waals surface area contributed by atoms with Gasteiger partial charge in [0.15, 0.2) is 0 Å². The van der Waals surface area contributed by atoms with Crippen LogP contribution in [-0.4, -0.2) is 4.98 Å². The normalized spacial score (nSPS) is 29.8. The zero-order valence-corrected chi connectivity index (χ0v) is 19.9. The highest BCUT2D eigenvalue weighted by Gasteiger charge is 2.61. The van der Waals surface area contributed by atoms with Crippen LogP contribution in [0.2, 0.25) is 0 Å². The Morgan fingerprint density at radius 2 is 1.26 bits per heavy atom. The minimum atomic E-state index is 0.255. The molecule has 1 heterocycles. The Labute approximate surface area is 206 Å². The second-order valence-corrected chi connectivity index (χ2v) is 11.9. The second-order valence-electron chi connectivity index (χ2n) is 11.9. The van der Waals surface area contributed by atoms with E-state index in [1.807, 2.05) is 0 Å². The van der Waals surface area contributed by atoms with Gasteiger partial charge in [0.05, 0.1) is 0 Å². The fraction of sp³-hybridized carbons (Fsp3) is 0.294. The molecule has 1 heteroatoms. The second kappa shape index (κ2) is 6.46. The Morgan fingerprint density at radius 3 is 2.11 bits per heavy atom. The van der Waals surface area contributed by atoms with Crippen molar-refractivity contribution in [2.24, 2.45) is 23.7 Å². The van der Waals surface area contributed by atoms with E-state index in [2.05, 4.69) is 89.9 Å². The lowest BCUT2D eigenvalue weighted by atomic mass is 9.43. The Bertz CT molecular complexity index is 1640. The summed E-state index contributed by atoms with van der Waals surface area (Å²) in [6.45, 7) is 0. The molecule has 0 unspecified atom stereocenters. The van der Waals surface area contributed by atoms with Gasteiger partial charge < -0.3 is 4.98 Å². The first-order chi connectivity index (χ1) is 17.3. The molecule has 4 fully saturated rings. The van der Waals surface area contributed by atoms with Gasteiger partial charge >= 0.3 is 0 Å². The molecule has 0 amide bonds. The average Bonchev–Trinajstić information content (AvgIpc) is 3.41. The maximum atomic E-state index is 3.64. The molecule has 170 valence electrons. The summed E-state index contributed by atoms with van der Waals surface area (Å²) in [5, 5.41) is 2.66. The van der Waals surface area contributed by atoms with Gasteiger partial charge in [-0.05, 0) is 107 Å². The van der Waals surface area contributed by atoms with Crippen LogP contribution in [0.5, 0.6) is 0 Å². The summed E-state index contributed by atoms with van der Waals surface area (Å²) in [5.41, 5.74) is 11.7. The number of rotatable bonds is 1.